The quantitative estimate of drug-likeness (QED) is 0.377. The maximum Gasteiger partial charge on any atom is 0.299 e. The van der Waals surface area contributed by atoms with Gasteiger partial charge in [-0.05, 0) is 22.5 Å². The monoisotopic (exact) mass is 185 g/mol. The largest absolute Gasteiger partial charge is 0.299 e. The molecule has 0 saturated heterocycles. The summed E-state index contributed by atoms with van der Waals surface area (Å²) in [5, 5.41) is 0. The number of nitrogens with zero attached hydrogens (tertiary/aromatic N) is 1. The molecule has 0 aliphatic carbocycles. The van der Waals surface area contributed by atoms with Crippen LogP contribution in [-0.2, 0) is 9.36 Å². The zero-order valence-corrected chi connectivity index (χ0v) is 6.58. The highest BCUT2D eigenvalue weighted by atomic mass is 35.9. The molecule has 0 saturated carbocycles. The molecule has 0 aliphatic heterocycles. The lowest BCUT2D eigenvalue weighted by atomic mass is 11.0. The molecule has 0 aliphatic rings. The van der Waals surface area contributed by atoms with Crippen LogP contribution in [0.25, 0.3) is 0 Å². The standard InChI is InChI=1S/C3H2Cl2NO2P/c1-3(6-2-7)9(4,5)8/h1H2. The van der Waals surface area contributed by atoms with Crippen molar-refractivity contribution in [3.05, 3.63) is 12.0 Å². The second-order valence-corrected chi connectivity index (χ2v) is 5.90. The fraction of sp³-hybridized carbons (Fsp3) is 0. The lowest BCUT2D eigenvalue weighted by molar-refractivity contribution is 0.564. The number of halogens is 2. The third-order valence-corrected chi connectivity index (χ3v) is 2.35. The number of hydrogen-bond acceptors (Lipinski definition) is 3. The molecule has 0 bridgehead atoms. The molecule has 0 heterocycles. The second-order valence-electron chi connectivity index (χ2n) is 1.08. The summed E-state index contributed by atoms with van der Waals surface area (Å²) in [6.45, 7) is 3.06. The number of hydrogen-bond donors (Lipinski definition) is 0. The zero-order valence-electron chi connectivity index (χ0n) is 4.17. The Kier molecular flexibility index (Phi) is 3.16. The molecular formula is C3H2Cl2NO2P. The lowest BCUT2D eigenvalue weighted by Crippen LogP contribution is -1.64. The third kappa shape index (κ3) is 3.50. The predicted octanol–water partition coefficient (Wildman–Crippen LogP) is 2.46. The molecule has 0 spiro atoms. The fourth-order valence-electron chi connectivity index (χ4n) is 0.111. The molecule has 0 rings (SSSR count). The Morgan fingerprint density at radius 1 is 1.67 bits per heavy atom. The summed E-state index contributed by atoms with van der Waals surface area (Å²) in [6.07, 6.45) is 1.11. The van der Waals surface area contributed by atoms with Gasteiger partial charge in [0.25, 0.3) is 5.85 Å². The molecule has 0 aromatic heterocycles. The molecule has 0 aromatic rings. The van der Waals surface area contributed by atoms with Crippen LogP contribution in [-0.4, -0.2) is 6.08 Å². The SMILES string of the molecule is C=C(N=C=O)P(=O)(Cl)Cl. The van der Waals surface area contributed by atoms with Crippen LogP contribution >= 0.6 is 28.3 Å². The average Bonchev–Trinajstić information content (AvgIpc) is 1.64. The van der Waals surface area contributed by atoms with Gasteiger partial charge in [-0.15, -0.1) is 0 Å². The van der Waals surface area contributed by atoms with Crippen molar-refractivity contribution in [2.24, 2.45) is 4.99 Å². The van der Waals surface area contributed by atoms with E-state index >= 15 is 0 Å². The van der Waals surface area contributed by atoms with E-state index in [1.807, 2.05) is 0 Å². The van der Waals surface area contributed by atoms with E-state index in [4.69, 9.17) is 22.5 Å². The zero-order chi connectivity index (χ0) is 7.49. The van der Waals surface area contributed by atoms with E-state index < -0.39 is 5.85 Å². The van der Waals surface area contributed by atoms with Crippen LogP contribution in [0.1, 0.15) is 0 Å². The Hall–Kier alpha value is -0.0700. The summed E-state index contributed by atoms with van der Waals surface area (Å²) in [7, 11) is 0. The van der Waals surface area contributed by atoms with Gasteiger partial charge in [0.2, 0.25) is 6.08 Å². The van der Waals surface area contributed by atoms with Gasteiger partial charge in [0.05, 0.1) is 0 Å². The topological polar surface area (TPSA) is 46.5 Å². The first-order valence-corrected chi connectivity index (χ1v) is 5.27. The highest BCUT2D eigenvalue weighted by Gasteiger charge is 2.17. The van der Waals surface area contributed by atoms with E-state index in [1.54, 1.807) is 0 Å². The molecule has 3 nitrogen and oxygen atoms in total. The summed E-state index contributed by atoms with van der Waals surface area (Å²) < 4.78 is 10.5. The van der Waals surface area contributed by atoms with Crippen LogP contribution in [0.2, 0.25) is 0 Å². The minimum Gasteiger partial charge on any atom is -0.282 e. The molecule has 6 heteroatoms. The van der Waals surface area contributed by atoms with E-state index in [1.165, 1.54) is 0 Å². The molecule has 0 amide bonds. The van der Waals surface area contributed by atoms with Crippen molar-refractivity contribution >= 4 is 34.4 Å². The highest BCUT2D eigenvalue weighted by Crippen LogP contribution is 2.63. The first kappa shape index (κ1) is 8.93. The van der Waals surface area contributed by atoms with Crippen LogP contribution in [0.15, 0.2) is 17.0 Å². The first-order valence-electron chi connectivity index (χ1n) is 1.75. The molecule has 9 heavy (non-hydrogen) atoms. The summed E-state index contributed by atoms with van der Waals surface area (Å²) in [5.41, 5.74) is -0.346. The Balaban J connectivity index is 4.42. The van der Waals surface area contributed by atoms with Gasteiger partial charge < -0.3 is 0 Å². The van der Waals surface area contributed by atoms with E-state index in [0.717, 1.165) is 6.08 Å². The summed E-state index contributed by atoms with van der Waals surface area (Å²) in [4.78, 5) is 12.3. The fourth-order valence-corrected chi connectivity index (χ4v) is 0.495. The Morgan fingerprint density at radius 2 is 2.11 bits per heavy atom. The van der Waals surface area contributed by atoms with Gasteiger partial charge in [0.15, 0.2) is 0 Å². The minimum absolute atomic E-state index is 0.346. The first-order chi connectivity index (χ1) is 3.98. The van der Waals surface area contributed by atoms with E-state index in [0.29, 0.717) is 0 Å². The minimum atomic E-state index is -3.45. The van der Waals surface area contributed by atoms with Crippen molar-refractivity contribution < 1.29 is 9.36 Å². The van der Waals surface area contributed by atoms with Gasteiger partial charge >= 0.3 is 0 Å². The van der Waals surface area contributed by atoms with Gasteiger partial charge in [0, 0.05) is 0 Å². The third-order valence-electron chi connectivity index (χ3n) is 0.475. The van der Waals surface area contributed by atoms with Gasteiger partial charge in [-0.1, -0.05) is 6.58 Å². The normalized spacial score (nSPS) is 10.0. The van der Waals surface area contributed by atoms with Crippen LogP contribution < -0.4 is 0 Å². The summed E-state index contributed by atoms with van der Waals surface area (Å²) >= 11 is 10.0. The summed E-state index contributed by atoms with van der Waals surface area (Å²) in [5.74, 6) is -3.45. The van der Waals surface area contributed by atoms with E-state index in [2.05, 4.69) is 11.6 Å². The van der Waals surface area contributed by atoms with Crippen molar-refractivity contribution in [2.75, 3.05) is 0 Å². The molecule has 0 unspecified atom stereocenters. The summed E-state index contributed by atoms with van der Waals surface area (Å²) in [6, 6.07) is 0. The van der Waals surface area contributed by atoms with Gasteiger partial charge in [0.1, 0.15) is 5.44 Å². The van der Waals surface area contributed by atoms with Crippen LogP contribution in [0.4, 0.5) is 0 Å². The lowest BCUT2D eigenvalue weighted by Gasteiger charge is -1.93. The van der Waals surface area contributed by atoms with Crippen molar-refractivity contribution in [3.63, 3.8) is 0 Å². The molecule has 0 aromatic carbocycles. The van der Waals surface area contributed by atoms with Gasteiger partial charge in [-0.3, -0.25) is 4.57 Å². The Labute approximate surface area is 61.3 Å². The van der Waals surface area contributed by atoms with Crippen molar-refractivity contribution in [1.29, 1.82) is 0 Å². The average molecular weight is 186 g/mol. The van der Waals surface area contributed by atoms with E-state index in [9.17, 15) is 9.36 Å². The number of isocyanates is 1. The highest BCUT2D eigenvalue weighted by molar-refractivity contribution is 8.11. The van der Waals surface area contributed by atoms with Crippen molar-refractivity contribution in [2.45, 2.75) is 0 Å². The Morgan fingerprint density at radius 3 is 2.22 bits per heavy atom. The van der Waals surface area contributed by atoms with E-state index in [-0.39, 0.29) is 5.44 Å². The maximum atomic E-state index is 10.5. The smallest absolute Gasteiger partial charge is 0.282 e. The Bertz CT molecular complexity index is 214. The molecule has 0 N–H and O–H groups in total. The number of aliphatic imine (C=N–C) groups is 1. The predicted molar refractivity (Wildman–Crippen MR) is 36.6 cm³/mol. The maximum absolute atomic E-state index is 10.5. The molecule has 50 valence electrons. The van der Waals surface area contributed by atoms with Gasteiger partial charge in [-0.25, -0.2) is 4.79 Å². The molecule has 0 fully saturated rings. The van der Waals surface area contributed by atoms with Crippen molar-refractivity contribution in [1.82, 2.24) is 0 Å². The van der Waals surface area contributed by atoms with Crippen LogP contribution in [0, 0.1) is 0 Å². The molecule has 0 atom stereocenters. The molecular weight excluding hydrogens is 184 g/mol. The van der Waals surface area contributed by atoms with Crippen LogP contribution in [0.3, 0.4) is 0 Å². The molecule has 0 radical (unpaired) electrons. The number of rotatable bonds is 2. The van der Waals surface area contributed by atoms with Gasteiger partial charge in [-0.2, -0.15) is 4.99 Å². The number of carbonyl (C=O) groups excluding carboxylic acids is 1. The van der Waals surface area contributed by atoms with Crippen LogP contribution in [0.5, 0.6) is 0 Å². The van der Waals surface area contributed by atoms with Crippen molar-refractivity contribution in [3.8, 4) is 0 Å². The second kappa shape index (κ2) is 3.19.